The minimum Gasteiger partial charge on any atom is -0.507 e. The smallest absolute Gasteiger partial charge is 0.193 e. The normalized spacial score (nSPS) is 12.5. The number of phenols is 1. The minimum absolute atomic E-state index is 0.108. The van der Waals surface area contributed by atoms with Crippen LogP contribution in [-0.2, 0) is 10.8 Å². The summed E-state index contributed by atoms with van der Waals surface area (Å²) in [4.78, 5) is 14.9. The Balaban J connectivity index is 2.15. The van der Waals surface area contributed by atoms with Crippen molar-refractivity contribution in [2.45, 2.75) is 52.4 Å². The van der Waals surface area contributed by atoms with Crippen LogP contribution >= 0.6 is 0 Å². The molecule has 0 fully saturated rings. The quantitative estimate of drug-likeness (QED) is 0.555. The fourth-order valence-electron chi connectivity index (χ4n) is 3.63. The third-order valence-electron chi connectivity index (χ3n) is 5.52. The van der Waals surface area contributed by atoms with E-state index in [-0.39, 0.29) is 16.3 Å². The molecule has 0 aliphatic rings. The first-order valence-corrected chi connectivity index (χ1v) is 11.0. The molecule has 172 valence electrons. The SMILES string of the molecule is CN(C)CCOc1ccc2c(=O)cc(-c3cc(C(C)(C)C)c(O)c(C(C)(C)C)c3)oc2c1. The minimum atomic E-state index is -0.273. The predicted octanol–water partition coefficient (Wildman–Crippen LogP) is 5.70. The van der Waals surface area contributed by atoms with E-state index in [1.165, 1.54) is 6.07 Å². The molecule has 0 saturated carbocycles. The lowest BCUT2D eigenvalue weighted by Crippen LogP contribution is -2.19. The van der Waals surface area contributed by atoms with Crippen molar-refractivity contribution < 1.29 is 14.3 Å². The van der Waals surface area contributed by atoms with Crippen LogP contribution in [0.15, 0.2) is 45.6 Å². The summed E-state index contributed by atoms with van der Waals surface area (Å²) in [6.45, 7) is 13.7. The van der Waals surface area contributed by atoms with Crippen LogP contribution in [-0.4, -0.2) is 37.3 Å². The fourth-order valence-corrected chi connectivity index (χ4v) is 3.63. The molecule has 0 unspecified atom stereocenters. The van der Waals surface area contributed by atoms with E-state index in [1.54, 1.807) is 18.2 Å². The molecule has 32 heavy (non-hydrogen) atoms. The van der Waals surface area contributed by atoms with Gasteiger partial charge in [0.1, 0.15) is 29.4 Å². The van der Waals surface area contributed by atoms with E-state index >= 15 is 0 Å². The lowest BCUT2D eigenvalue weighted by molar-refractivity contribution is 0.261. The average Bonchev–Trinajstić information content (AvgIpc) is 2.65. The largest absolute Gasteiger partial charge is 0.507 e. The number of ether oxygens (including phenoxy) is 1. The Bertz CT molecular complexity index is 1140. The first-order chi connectivity index (χ1) is 14.8. The molecule has 0 aliphatic carbocycles. The van der Waals surface area contributed by atoms with Crippen LogP contribution in [0.3, 0.4) is 0 Å². The predicted molar refractivity (Wildman–Crippen MR) is 131 cm³/mol. The Morgan fingerprint density at radius 3 is 2.06 bits per heavy atom. The second-order valence-corrected chi connectivity index (χ2v) is 10.7. The molecule has 3 aromatic rings. The molecular formula is C27H35NO4. The van der Waals surface area contributed by atoms with Crippen LogP contribution in [0.2, 0.25) is 0 Å². The van der Waals surface area contributed by atoms with Gasteiger partial charge in [0.15, 0.2) is 5.43 Å². The zero-order valence-electron chi connectivity index (χ0n) is 20.5. The van der Waals surface area contributed by atoms with Gasteiger partial charge >= 0.3 is 0 Å². The second kappa shape index (κ2) is 8.62. The van der Waals surface area contributed by atoms with Crippen molar-refractivity contribution >= 4 is 11.0 Å². The van der Waals surface area contributed by atoms with Crippen LogP contribution in [0, 0.1) is 0 Å². The maximum Gasteiger partial charge on any atom is 0.193 e. The number of hydrogen-bond donors (Lipinski definition) is 1. The summed E-state index contributed by atoms with van der Waals surface area (Å²) >= 11 is 0. The molecular weight excluding hydrogens is 402 g/mol. The van der Waals surface area contributed by atoms with E-state index in [4.69, 9.17) is 9.15 Å². The van der Waals surface area contributed by atoms with E-state index in [1.807, 2.05) is 31.1 Å². The van der Waals surface area contributed by atoms with Gasteiger partial charge in [0.2, 0.25) is 0 Å². The molecule has 2 aromatic carbocycles. The van der Waals surface area contributed by atoms with E-state index < -0.39 is 0 Å². The van der Waals surface area contributed by atoms with Gasteiger partial charge in [-0.05, 0) is 49.2 Å². The number of benzene rings is 2. The maximum absolute atomic E-state index is 12.9. The molecule has 0 radical (unpaired) electrons. The third kappa shape index (κ3) is 5.16. The topological polar surface area (TPSA) is 62.9 Å². The van der Waals surface area contributed by atoms with E-state index in [2.05, 4.69) is 41.5 Å². The average molecular weight is 438 g/mol. The number of rotatable bonds is 5. The number of nitrogens with zero attached hydrogens (tertiary/aromatic N) is 1. The summed E-state index contributed by atoms with van der Waals surface area (Å²) in [7, 11) is 3.98. The highest BCUT2D eigenvalue weighted by Gasteiger charge is 2.27. The highest BCUT2D eigenvalue weighted by Crippen LogP contribution is 2.42. The van der Waals surface area contributed by atoms with Gasteiger partial charge in [0.05, 0.1) is 5.39 Å². The first kappa shape index (κ1) is 23.9. The monoisotopic (exact) mass is 437 g/mol. The van der Waals surface area contributed by atoms with Crippen LogP contribution < -0.4 is 10.2 Å². The maximum atomic E-state index is 12.9. The highest BCUT2D eigenvalue weighted by molar-refractivity contribution is 5.80. The van der Waals surface area contributed by atoms with Gasteiger partial charge in [-0.3, -0.25) is 4.79 Å². The molecule has 0 spiro atoms. The van der Waals surface area contributed by atoms with Crippen molar-refractivity contribution in [1.82, 2.24) is 4.90 Å². The van der Waals surface area contributed by atoms with Crippen molar-refractivity contribution in [3.05, 3.63) is 57.7 Å². The van der Waals surface area contributed by atoms with Crippen LogP contribution in [0.5, 0.6) is 11.5 Å². The summed E-state index contributed by atoms with van der Waals surface area (Å²) in [5.74, 6) is 1.44. The first-order valence-electron chi connectivity index (χ1n) is 11.0. The molecule has 5 nitrogen and oxygen atoms in total. The van der Waals surface area contributed by atoms with Gasteiger partial charge in [-0.1, -0.05) is 41.5 Å². The Kier molecular flexibility index (Phi) is 6.43. The molecule has 0 aliphatic heterocycles. The molecule has 3 rings (SSSR count). The van der Waals surface area contributed by atoms with Crippen molar-refractivity contribution in [2.24, 2.45) is 0 Å². The summed E-state index contributed by atoms with van der Waals surface area (Å²) in [6.07, 6.45) is 0. The number of phenolic OH excluding ortho intramolecular Hbond substituents is 1. The molecule has 0 saturated heterocycles. The molecule has 1 heterocycles. The number of likely N-dealkylation sites (N-methyl/N-ethyl adjacent to an activating group) is 1. The van der Waals surface area contributed by atoms with Gasteiger partial charge in [-0.2, -0.15) is 0 Å². The fraction of sp³-hybridized carbons (Fsp3) is 0.444. The van der Waals surface area contributed by atoms with Gasteiger partial charge in [-0.25, -0.2) is 0 Å². The van der Waals surface area contributed by atoms with Crippen molar-refractivity contribution in [3.8, 4) is 22.8 Å². The number of fused-ring (bicyclic) bond motifs is 1. The van der Waals surface area contributed by atoms with E-state index in [0.29, 0.717) is 34.8 Å². The molecule has 0 atom stereocenters. The van der Waals surface area contributed by atoms with Crippen molar-refractivity contribution in [1.29, 1.82) is 0 Å². The lowest BCUT2D eigenvalue weighted by atomic mass is 9.78. The Morgan fingerprint density at radius 2 is 1.53 bits per heavy atom. The standard InChI is InChI=1S/C27H35NO4/c1-26(2,3)20-13-17(14-21(25(20)30)27(4,5)6)23-16-22(29)19-10-9-18(15-24(19)32-23)31-12-11-28(7)8/h9-10,13-16,30H,11-12H2,1-8H3. The number of hydrogen-bond acceptors (Lipinski definition) is 5. The highest BCUT2D eigenvalue weighted by atomic mass is 16.5. The van der Waals surface area contributed by atoms with E-state index in [9.17, 15) is 9.90 Å². The van der Waals surface area contributed by atoms with Crippen LogP contribution in [0.25, 0.3) is 22.3 Å². The Hall–Kier alpha value is -2.79. The summed E-state index contributed by atoms with van der Waals surface area (Å²) in [5, 5.41) is 11.5. The summed E-state index contributed by atoms with van der Waals surface area (Å²) < 4.78 is 12.0. The van der Waals surface area contributed by atoms with Gasteiger partial charge in [0, 0.05) is 35.4 Å². The van der Waals surface area contributed by atoms with Crippen molar-refractivity contribution in [3.63, 3.8) is 0 Å². The lowest BCUT2D eigenvalue weighted by Gasteiger charge is -2.28. The summed E-state index contributed by atoms with van der Waals surface area (Å²) in [5.41, 5.74) is 2.25. The third-order valence-corrected chi connectivity index (χ3v) is 5.52. The second-order valence-electron chi connectivity index (χ2n) is 10.7. The molecule has 0 amide bonds. The van der Waals surface area contributed by atoms with Gasteiger partial charge in [0.25, 0.3) is 0 Å². The van der Waals surface area contributed by atoms with Crippen LogP contribution in [0.1, 0.15) is 52.7 Å². The molecule has 1 N–H and O–H groups in total. The van der Waals surface area contributed by atoms with E-state index in [0.717, 1.165) is 23.2 Å². The van der Waals surface area contributed by atoms with Crippen molar-refractivity contribution in [2.75, 3.05) is 27.2 Å². The zero-order valence-corrected chi connectivity index (χ0v) is 20.5. The Morgan fingerprint density at radius 1 is 0.938 bits per heavy atom. The molecule has 5 heteroatoms. The summed E-state index contributed by atoms with van der Waals surface area (Å²) in [6, 6.07) is 10.7. The Labute approximate surface area is 190 Å². The molecule has 1 aromatic heterocycles. The van der Waals surface area contributed by atoms with Gasteiger partial charge in [-0.15, -0.1) is 0 Å². The number of aromatic hydroxyl groups is 1. The van der Waals surface area contributed by atoms with Gasteiger partial charge < -0.3 is 19.2 Å². The van der Waals surface area contributed by atoms with Crippen LogP contribution in [0.4, 0.5) is 0 Å². The molecule has 0 bridgehead atoms. The zero-order chi connectivity index (χ0) is 23.8.